The predicted molar refractivity (Wildman–Crippen MR) is 196 cm³/mol. The average Bonchev–Trinajstić information content (AvgIpc) is 3.68. The summed E-state index contributed by atoms with van der Waals surface area (Å²) < 4.78 is 0. The van der Waals surface area contributed by atoms with Gasteiger partial charge >= 0.3 is 0 Å². The maximum atomic E-state index is 13.7. The van der Waals surface area contributed by atoms with Crippen LogP contribution in [0.15, 0.2) is 66.7 Å². The molecule has 2 aliphatic rings. The molecule has 2 heterocycles. The summed E-state index contributed by atoms with van der Waals surface area (Å²) in [5.41, 5.74) is 10.3. The van der Waals surface area contributed by atoms with E-state index >= 15 is 0 Å². The summed E-state index contributed by atoms with van der Waals surface area (Å²) in [7, 11) is 0. The minimum Gasteiger partial charge on any atom is -0.349 e. The number of H-pyrrole nitrogens is 1. The van der Waals surface area contributed by atoms with Crippen LogP contribution in [0, 0.1) is 11.8 Å². The number of hydrogen-bond donors (Lipinski definition) is 6. The lowest BCUT2D eigenvalue weighted by Crippen LogP contribution is -2.48. The second-order valence-electron chi connectivity index (χ2n) is 12.9. The molecule has 1 atom stereocenters. The zero-order chi connectivity index (χ0) is 34.2. The number of aromatic amines is 1. The number of tetrazole rings is 1. The highest BCUT2D eigenvalue weighted by Gasteiger charge is 2.29. The van der Waals surface area contributed by atoms with Crippen LogP contribution in [-0.4, -0.2) is 70.1 Å². The SMILES string of the molecule is Cl.NC[C@H]1CC[C@H](C(=O)N[C@@H](Cc2ccc(-c3ccc(C(=O)NC4CCNCC4)cc3Cl)cc2)C(=O)Nc2ccc(-c3nn[nH]n3)cc2)CC1. The number of halogens is 2. The van der Waals surface area contributed by atoms with Gasteiger partial charge in [0.05, 0.1) is 0 Å². The number of nitrogens with one attached hydrogen (secondary N) is 5. The van der Waals surface area contributed by atoms with Crippen LogP contribution in [0.2, 0.25) is 5.02 Å². The molecule has 1 saturated carbocycles. The second kappa shape index (κ2) is 17.5. The molecule has 1 aromatic heterocycles. The average molecular weight is 721 g/mol. The van der Waals surface area contributed by atoms with E-state index in [0.717, 1.165) is 73.9 Å². The molecule has 0 bridgehead atoms. The van der Waals surface area contributed by atoms with Gasteiger partial charge in [0.25, 0.3) is 5.91 Å². The Balaban J connectivity index is 0.00000486. The number of anilines is 1. The van der Waals surface area contributed by atoms with Gasteiger partial charge in [-0.1, -0.05) is 41.9 Å². The lowest BCUT2D eigenvalue weighted by atomic mass is 9.81. The Hall–Kier alpha value is -4.36. The second-order valence-corrected chi connectivity index (χ2v) is 13.3. The Kier molecular flexibility index (Phi) is 12.9. The molecule has 0 radical (unpaired) electrons. The molecule has 1 aliphatic carbocycles. The minimum absolute atomic E-state index is 0. The van der Waals surface area contributed by atoms with Crippen LogP contribution in [0.5, 0.6) is 0 Å². The van der Waals surface area contributed by atoms with Crippen molar-refractivity contribution in [2.45, 2.75) is 57.0 Å². The van der Waals surface area contributed by atoms with E-state index in [9.17, 15) is 14.4 Å². The van der Waals surface area contributed by atoms with Crippen molar-refractivity contribution in [2.24, 2.45) is 17.6 Å². The summed E-state index contributed by atoms with van der Waals surface area (Å²) in [5, 5.41) is 26.9. The number of amides is 3. The summed E-state index contributed by atoms with van der Waals surface area (Å²) in [6.45, 7) is 2.42. The van der Waals surface area contributed by atoms with Gasteiger partial charge in [0.1, 0.15) is 6.04 Å². The van der Waals surface area contributed by atoms with Crippen molar-refractivity contribution in [3.63, 3.8) is 0 Å². The normalized spacial score (nSPS) is 18.4. The smallest absolute Gasteiger partial charge is 0.251 e. The van der Waals surface area contributed by atoms with Crippen molar-refractivity contribution in [1.82, 2.24) is 36.6 Å². The van der Waals surface area contributed by atoms with Crippen LogP contribution in [0.4, 0.5) is 5.69 Å². The van der Waals surface area contributed by atoms with Gasteiger partial charge in [0, 0.05) is 45.8 Å². The van der Waals surface area contributed by atoms with E-state index in [1.807, 2.05) is 30.3 Å². The molecule has 50 heavy (non-hydrogen) atoms. The highest BCUT2D eigenvalue weighted by Crippen LogP contribution is 2.30. The maximum absolute atomic E-state index is 13.7. The minimum atomic E-state index is -0.802. The van der Waals surface area contributed by atoms with Crippen LogP contribution in [0.3, 0.4) is 0 Å². The number of carbonyl (C=O) groups excluding carboxylic acids is 3. The Morgan fingerprint density at radius 3 is 2.24 bits per heavy atom. The summed E-state index contributed by atoms with van der Waals surface area (Å²) >= 11 is 6.67. The Bertz CT molecular complexity index is 1720. The molecule has 0 unspecified atom stereocenters. The standard InChI is InChI=1S/C36H42ClN9O3.ClH/c37-31-20-27(35(48)40-29-15-17-39-18-16-29)11-14-30(31)24-5-1-22(2-6-24)19-32(42-34(47)26-7-3-23(21-38)4-8-26)36(49)41-28-12-9-25(10-13-28)33-43-45-46-44-33;/h1-2,5-6,9-14,20,23,26,29,32,39H,3-4,7-8,15-19,21,38H2,(H,40,48)(H,41,49)(H,42,47)(H,43,44,45,46);1H/t23-,26-,32-;/m0./s1. The lowest BCUT2D eigenvalue weighted by molar-refractivity contribution is -0.130. The Labute approximate surface area is 302 Å². The first-order valence-electron chi connectivity index (χ1n) is 16.9. The number of rotatable bonds is 11. The number of piperidine rings is 1. The third-order valence-corrected chi connectivity index (χ3v) is 9.86. The zero-order valence-corrected chi connectivity index (χ0v) is 29.2. The van der Waals surface area contributed by atoms with Gasteiger partial charge in [0.2, 0.25) is 17.6 Å². The molecule has 12 nitrogen and oxygen atoms in total. The molecule has 14 heteroatoms. The number of nitrogens with zero attached hydrogens (tertiary/aromatic N) is 3. The van der Waals surface area contributed by atoms with Gasteiger partial charge in [-0.3, -0.25) is 14.4 Å². The van der Waals surface area contributed by atoms with Crippen molar-refractivity contribution in [2.75, 3.05) is 25.0 Å². The van der Waals surface area contributed by atoms with E-state index in [-0.39, 0.29) is 42.1 Å². The fourth-order valence-electron chi connectivity index (χ4n) is 6.56. The Morgan fingerprint density at radius 2 is 1.60 bits per heavy atom. The van der Waals surface area contributed by atoms with E-state index in [1.165, 1.54) is 0 Å². The molecule has 6 rings (SSSR count). The monoisotopic (exact) mass is 719 g/mol. The first kappa shape index (κ1) is 36.9. The van der Waals surface area contributed by atoms with E-state index < -0.39 is 6.04 Å². The zero-order valence-electron chi connectivity index (χ0n) is 27.7. The van der Waals surface area contributed by atoms with Gasteiger partial charge in [-0.25, -0.2) is 0 Å². The fourth-order valence-corrected chi connectivity index (χ4v) is 6.85. The molecule has 3 aromatic carbocycles. The van der Waals surface area contributed by atoms with Gasteiger partial charge in [-0.15, -0.1) is 22.6 Å². The number of aromatic nitrogens is 4. The molecular weight excluding hydrogens is 677 g/mol. The number of carbonyl (C=O) groups is 3. The number of hydrogen-bond acceptors (Lipinski definition) is 8. The topological polar surface area (TPSA) is 180 Å². The Morgan fingerprint density at radius 1 is 0.900 bits per heavy atom. The van der Waals surface area contributed by atoms with Crippen molar-refractivity contribution in [3.8, 4) is 22.5 Å². The molecule has 0 spiro atoms. The highest BCUT2D eigenvalue weighted by atomic mass is 35.5. The van der Waals surface area contributed by atoms with E-state index in [1.54, 1.807) is 36.4 Å². The van der Waals surface area contributed by atoms with Gasteiger partial charge in [-0.05, 0) is 117 Å². The third-order valence-electron chi connectivity index (χ3n) is 9.55. The summed E-state index contributed by atoms with van der Waals surface area (Å²) in [6.07, 6.45) is 5.43. The van der Waals surface area contributed by atoms with Crippen molar-refractivity contribution in [1.29, 1.82) is 0 Å². The largest absolute Gasteiger partial charge is 0.349 e. The molecule has 1 aliphatic heterocycles. The quantitative estimate of drug-likeness (QED) is 0.131. The van der Waals surface area contributed by atoms with Gasteiger partial charge in [0.15, 0.2) is 0 Å². The highest BCUT2D eigenvalue weighted by molar-refractivity contribution is 6.33. The molecule has 7 N–H and O–H groups in total. The predicted octanol–water partition coefficient (Wildman–Crippen LogP) is 4.52. The molecular formula is C36H43Cl2N9O3. The van der Waals surface area contributed by atoms with Crippen LogP contribution in [0.25, 0.3) is 22.5 Å². The number of benzene rings is 3. The van der Waals surface area contributed by atoms with Crippen molar-refractivity contribution in [3.05, 3.63) is 82.9 Å². The van der Waals surface area contributed by atoms with E-state index in [0.29, 0.717) is 41.0 Å². The lowest BCUT2D eigenvalue weighted by Gasteiger charge is -2.28. The maximum Gasteiger partial charge on any atom is 0.251 e. The molecule has 3 amide bonds. The van der Waals surface area contributed by atoms with Gasteiger partial charge < -0.3 is 27.0 Å². The first-order chi connectivity index (χ1) is 23.9. The molecule has 4 aromatic rings. The van der Waals surface area contributed by atoms with Crippen molar-refractivity contribution >= 4 is 47.4 Å². The van der Waals surface area contributed by atoms with Crippen LogP contribution >= 0.6 is 24.0 Å². The van der Waals surface area contributed by atoms with E-state index in [2.05, 4.69) is 41.9 Å². The number of nitrogens with two attached hydrogens (primary N) is 1. The van der Waals surface area contributed by atoms with E-state index in [4.69, 9.17) is 17.3 Å². The van der Waals surface area contributed by atoms with Crippen LogP contribution < -0.4 is 27.0 Å². The van der Waals surface area contributed by atoms with Crippen LogP contribution in [-0.2, 0) is 16.0 Å². The molecule has 2 fully saturated rings. The fraction of sp³-hybridized carbons (Fsp3) is 0.389. The van der Waals surface area contributed by atoms with Gasteiger partial charge in [-0.2, -0.15) is 5.21 Å². The summed E-state index contributed by atoms with van der Waals surface area (Å²) in [6, 6.07) is 19.5. The van der Waals surface area contributed by atoms with Crippen LogP contribution in [0.1, 0.15) is 54.4 Å². The summed E-state index contributed by atoms with van der Waals surface area (Å²) in [4.78, 5) is 39.9. The van der Waals surface area contributed by atoms with Crippen molar-refractivity contribution < 1.29 is 14.4 Å². The first-order valence-corrected chi connectivity index (χ1v) is 17.3. The third kappa shape index (κ3) is 9.45. The summed E-state index contributed by atoms with van der Waals surface area (Å²) in [5.74, 6) is 0.181. The molecule has 264 valence electrons. The molecule has 1 saturated heterocycles.